The molecule has 90 valence electrons. The van der Waals surface area contributed by atoms with Crippen molar-refractivity contribution < 1.29 is 0 Å². The molecule has 0 aliphatic heterocycles. The lowest BCUT2D eigenvalue weighted by Crippen LogP contribution is -2.40. The summed E-state index contributed by atoms with van der Waals surface area (Å²) in [5, 5.41) is 3.38. The molecule has 0 aliphatic carbocycles. The van der Waals surface area contributed by atoms with Crippen LogP contribution in [-0.4, -0.2) is 12.6 Å². The van der Waals surface area contributed by atoms with Crippen LogP contribution < -0.4 is 5.32 Å². The Morgan fingerprint density at radius 1 is 1.27 bits per heavy atom. The van der Waals surface area contributed by atoms with E-state index < -0.39 is 0 Å². The van der Waals surface area contributed by atoms with E-state index in [9.17, 15) is 0 Å². The van der Waals surface area contributed by atoms with E-state index in [1.165, 1.54) is 37.7 Å². The first kappa shape index (κ1) is 14.7. The van der Waals surface area contributed by atoms with Crippen LogP contribution in [0.2, 0.25) is 0 Å². The Labute approximate surface area is 96.3 Å². The average molecular weight is 211 g/mol. The number of likely N-dealkylation sites (N-methyl/N-ethyl adjacent to an activating group) is 1. The molecule has 0 aromatic rings. The molecule has 0 fully saturated rings. The first-order chi connectivity index (χ1) is 6.92. The molecule has 0 bridgehead atoms. The molecule has 1 unspecified atom stereocenters. The number of nitrogens with one attached hydrogen (secondary N) is 1. The number of rotatable bonds is 8. The van der Waals surface area contributed by atoms with Crippen molar-refractivity contribution >= 4 is 0 Å². The summed E-state index contributed by atoms with van der Waals surface area (Å²) in [6, 6.07) is 0. The molecule has 0 aromatic heterocycles. The molecule has 1 atom stereocenters. The second kappa shape index (κ2) is 7.05. The zero-order valence-corrected chi connectivity index (χ0v) is 11.3. The quantitative estimate of drug-likeness (QED) is 0.470. The standard InChI is InChI=1S/C14H29N/c1-12(2)10-8-7-9-11-14(5,15-6)13(3)4/h12,15H,3,7-11H2,1-2,4-6H3. The van der Waals surface area contributed by atoms with Gasteiger partial charge < -0.3 is 5.32 Å². The molecule has 0 saturated heterocycles. The van der Waals surface area contributed by atoms with Crippen LogP contribution in [0.5, 0.6) is 0 Å². The van der Waals surface area contributed by atoms with E-state index >= 15 is 0 Å². The van der Waals surface area contributed by atoms with Crippen molar-refractivity contribution in [2.24, 2.45) is 5.92 Å². The van der Waals surface area contributed by atoms with E-state index in [0.717, 1.165) is 5.92 Å². The van der Waals surface area contributed by atoms with E-state index in [0.29, 0.717) is 0 Å². The van der Waals surface area contributed by atoms with Crippen LogP contribution in [0.3, 0.4) is 0 Å². The maximum Gasteiger partial charge on any atom is 0.0357 e. The lowest BCUT2D eigenvalue weighted by molar-refractivity contribution is 0.393. The minimum atomic E-state index is 0.137. The summed E-state index contributed by atoms with van der Waals surface area (Å²) in [7, 11) is 2.03. The molecule has 0 radical (unpaired) electrons. The van der Waals surface area contributed by atoms with Crippen LogP contribution in [0.15, 0.2) is 12.2 Å². The molecular formula is C14H29N. The van der Waals surface area contributed by atoms with Gasteiger partial charge in [0.05, 0.1) is 0 Å². The molecule has 0 rings (SSSR count). The second-order valence-electron chi connectivity index (χ2n) is 5.36. The van der Waals surface area contributed by atoms with Crippen LogP contribution in [0.4, 0.5) is 0 Å². The lowest BCUT2D eigenvalue weighted by Gasteiger charge is -2.30. The fraction of sp³-hybridized carbons (Fsp3) is 0.857. The Balaban J connectivity index is 3.69. The van der Waals surface area contributed by atoms with Gasteiger partial charge in [-0.25, -0.2) is 0 Å². The molecule has 0 aromatic carbocycles. The van der Waals surface area contributed by atoms with Gasteiger partial charge >= 0.3 is 0 Å². The predicted octanol–water partition coefficient (Wildman–Crippen LogP) is 4.15. The molecule has 0 aliphatic rings. The summed E-state index contributed by atoms with van der Waals surface area (Å²) in [6.45, 7) is 13.0. The van der Waals surface area contributed by atoms with Crippen LogP contribution >= 0.6 is 0 Å². The SMILES string of the molecule is C=C(C)C(C)(CCCCCC(C)C)NC. The highest BCUT2D eigenvalue weighted by Gasteiger charge is 2.21. The highest BCUT2D eigenvalue weighted by molar-refractivity contribution is 5.11. The van der Waals surface area contributed by atoms with Gasteiger partial charge in [-0.15, -0.1) is 0 Å². The van der Waals surface area contributed by atoms with Gasteiger partial charge in [0.25, 0.3) is 0 Å². The molecule has 1 heteroatoms. The van der Waals surface area contributed by atoms with Crippen molar-refractivity contribution in [1.82, 2.24) is 5.32 Å². The summed E-state index contributed by atoms with van der Waals surface area (Å²) in [6.07, 6.45) is 6.59. The Morgan fingerprint density at radius 3 is 2.27 bits per heavy atom. The number of hydrogen-bond donors (Lipinski definition) is 1. The Morgan fingerprint density at radius 2 is 1.87 bits per heavy atom. The fourth-order valence-corrected chi connectivity index (χ4v) is 1.76. The minimum absolute atomic E-state index is 0.137. The maximum atomic E-state index is 4.06. The molecule has 0 heterocycles. The van der Waals surface area contributed by atoms with Gasteiger partial charge in [0, 0.05) is 5.54 Å². The third-order valence-electron chi connectivity index (χ3n) is 3.45. The average Bonchev–Trinajstić information content (AvgIpc) is 2.16. The number of hydrogen-bond acceptors (Lipinski definition) is 1. The van der Waals surface area contributed by atoms with Gasteiger partial charge in [-0.2, -0.15) is 0 Å². The van der Waals surface area contributed by atoms with E-state index in [1.807, 2.05) is 7.05 Å². The normalized spacial score (nSPS) is 15.3. The van der Waals surface area contributed by atoms with Crippen LogP contribution in [0.25, 0.3) is 0 Å². The van der Waals surface area contributed by atoms with E-state index in [4.69, 9.17) is 0 Å². The van der Waals surface area contributed by atoms with Gasteiger partial charge in [0.15, 0.2) is 0 Å². The monoisotopic (exact) mass is 211 g/mol. The van der Waals surface area contributed by atoms with Gasteiger partial charge in [0.2, 0.25) is 0 Å². The molecule has 15 heavy (non-hydrogen) atoms. The molecule has 1 N–H and O–H groups in total. The summed E-state index contributed by atoms with van der Waals surface area (Å²) in [5.74, 6) is 0.849. The highest BCUT2D eigenvalue weighted by atomic mass is 14.9. The van der Waals surface area contributed by atoms with Gasteiger partial charge in [-0.1, -0.05) is 51.7 Å². The molecule has 0 spiro atoms. The van der Waals surface area contributed by atoms with Crippen LogP contribution in [-0.2, 0) is 0 Å². The molecule has 1 nitrogen and oxygen atoms in total. The predicted molar refractivity (Wildman–Crippen MR) is 70.2 cm³/mol. The van der Waals surface area contributed by atoms with Crippen molar-refractivity contribution in [3.63, 3.8) is 0 Å². The third-order valence-corrected chi connectivity index (χ3v) is 3.45. The minimum Gasteiger partial charge on any atom is -0.311 e. The van der Waals surface area contributed by atoms with Crippen molar-refractivity contribution in [2.45, 2.75) is 65.3 Å². The maximum absolute atomic E-state index is 4.06. The van der Waals surface area contributed by atoms with E-state index in [-0.39, 0.29) is 5.54 Å². The highest BCUT2D eigenvalue weighted by Crippen LogP contribution is 2.22. The molecule has 0 saturated carbocycles. The summed E-state index contributed by atoms with van der Waals surface area (Å²) in [4.78, 5) is 0. The molecular weight excluding hydrogens is 182 g/mol. The summed E-state index contributed by atoms with van der Waals surface area (Å²) in [5.41, 5.74) is 1.38. The van der Waals surface area contributed by atoms with Crippen molar-refractivity contribution in [3.8, 4) is 0 Å². The van der Waals surface area contributed by atoms with Crippen molar-refractivity contribution in [1.29, 1.82) is 0 Å². The summed E-state index contributed by atoms with van der Waals surface area (Å²) >= 11 is 0. The lowest BCUT2D eigenvalue weighted by atomic mass is 9.88. The summed E-state index contributed by atoms with van der Waals surface area (Å²) < 4.78 is 0. The van der Waals surface area contributed by atoms with Gasteiger partial charge in [-0.05, 0) is 33.2 Å². The van der Waals surface area contributed by atoms with Crippen LogP contribution in [0.1, 0.15) is 59.8 Å². The van der Waals surface area contributed by atoms with Gasteiger partial charge in [-0.3, -0.25) is 0 Å². The van der Waals surface area contributed by atoms with Crippen molar-refractivity contribution in [2.75, 3.05) is 7.05 Å². The number of unbranched alkanes of at least 4 members (excludes halogenated alkanes) is 2. The third kappa shape index (κ3) is 5.99. The fourth-order valence-electron chi connectivity index (χ4n) is 1.76. The first-order valence-corrected chi connectivity index (χ1v) is 6.27. The zero-order chi connectivity index (χ0) is 11.9. The zero-order valence-electron chi connectivity index (χ0n) is 11.3. The van der Waals surface area contributed by atoms with E-state index in [2.05, 4.69) is 39.6 Å². The van der Waals surface area contributed by atoms with Gasteiger partial charge in [0.1, 0.15) is 0 Å². The largest absolute Gasteiger partial charge is 0.311 e. The topological polar surface area (TPSA) is 12.0 Å². The van der Waals surface area contributed by atoms with Crippen LogP contribution in [0, 0.1) is 5.92 Å². The Kier molecular flexibility index (Phi) is 6.91. The first-order valence-electron chi connectivity index (χ1n) is 6.27. The van der Waals surface area contributed by atoms with Crippen molar-refractivity contribution in [3.05, 3.63) is 12.2 Å². The Hall–Kier alpha value is -0.300. The Bertz CT molecular complexity index is 184. The van der Waals surface area contributed by atoms with E-state index in [1.54, 1.807) is 0 Å². The second-order valence-corrected chi connectivity index (χ2v) is 5.36. The molecule has 0 amide bonds. The smallest absolute Gasteiger partial charge is 0.0357 e.